The van der Waals surface area contributed by atoms with Gasteiger partial charge in [0.25, 0.3) is 0 Å². The molecule has 0 amide bonds. The van der Waals surface area contributed by atoms with Crippen molar-refractivity contribution in [2.24, 2.45) is 11.8 Å². The molecule has 26 heavy (non-hydrogen) atoms. The van der Waals surface area contributed by atoms with E-state index in [2.05, 4.69) is 64.0 Å². The van der Waals surface area contributed by atoms with E-state index in [1.807, 2.05) is 12.3 Å². The van der Waals surface area contributed by atoms with Crippen molar-refractivity contribution in [3.8, 4) is 6.07 Å². The second kappa shape index (κ2) is 6.24. The lowest BCUT2D eigenvalue weighted by Crippen LogP contribution is -2.29. The zero-order valence-corrected chi connectivity index (χ0v) is 15.6. The molecule has 0 aromatic carbocycles. The Morgan fingerprint density at radius 1 is 0.962 bits per heavy atom. The second-order valence-electron chi connectivity index (χ2n) is 8.37. The van der Waals surface area contributed by atoms with Gasteiger partial charge in [0, 0.05) is 43.4 Å². The molecule has 2 aromatic rings. The van der Waals surface area contributed by atoms with Crippen molar-refractivity contribution in [2.45, 2.75) is 26.2 Å². The quantitative estimate of drug-likeness (QED) is 0.831. The third-order valence-electron chi connectivity index (χ3n) is 5.46. The summed E-state index contributed by atoms with van der Waals surface area (Å²) >= 11 is 0. The normalized spacial score (nSPS) is 22.4. The molecule has 2 atom stereocenters. The lowest BCUT2D eigenvalue weighted by molar-refractivity contribution is 0.533. The highest BCUT2D eigenvalue weighted by Gasteiger charge is 2.40. The van der Waals surface area contributed by atoms with Crippen LogP contribution in [0, 0.1) is 23.2 Å². The molecular formula is C20H24N6. The number of fused-ring (bicyclic) bond motifs is 1. The van der Waals surface area contributed by atoms with Crippen molar-refractivity contribution in [2.75, 3.05) is 36.0 Å². The maximum absolute atomic E-state index is 8.88. The molecule has 2 aliphatic rings. The van der Waals surface area contributed by atoms with Crippen molar-refractivity contribution in [1.29, 1.82) is 5.26 Å². The monoisotopic (exact) mass is 348 g/mol. The molecule has 0 saturated carbocycles. The Hall–Kier alpha value is -2.68. The van der Waals surface area contributed by atoms with E-state index in [1.54, 1.807) is 6.07 Å². The van der Waals surface area contributed by atoms with Gasteiger partial charge in [0.2, 0.25) is 0 Å². The van der Waals surface area contributed by atoms with Gasteiger partial charge in [0.05, 0.1) is 17.6 Å². The van der Waals surface area contributed by atoms with Gasteiger partial charge in [-0.25, -0.2) is 4.98 Å². The number of pyridine rings is 1. The predicted octanol–water partition coefficient (Wildman–Crippen LogP) is 2.61. The highest BCUT2D eigenvalue weighted by atomic mass is 15.3. The van der Waals surface area contributed by atoms with Crippen LogP contribution in [0.4, 0.5) is 11.5 Å². The zero-order valence-electron chi connectivity index (χ0n) is 15.6. The van der Waals surface area contributed by atoms with E-state index in [-0.39, 0.29) is 5.41 Å². The summed E-state index contributed by atoms with van der Waals surface area (Å²) in [7, 11) is 0. The van der Waals surface area contributed by atoms with Crippen molar-refractivity contribution in [3.05, 3.63) is 41.9 Å². The summed E-state index contributed by atoms with van der Waals surface area (Å²) < 4.78 is 0. The number of hydrogen-bond acceptors (Lipinski definition) is 6. The van der Waals surface area contributed by atoms with Crippen molar-refractivity contribution in [3.63, 3.8) is 0 Å². The van der Waals surface area contributed by atoms with Crippen LogP contribution in [0.1, 0.15) is 32.2 Å². The Labute approximate surface area is 154 Å². The fourth-order valence-corrected chi connectivity index (χ4v) is 3.92. The highest BCUT2D eigenvalue weighted by Crippen LogP contribution is 2.35. The molecule has 4 heterocycles. The van der Waals surface area contributed by atoms with Gasteiger partial charge in [-0.2, -0.15) is 10.4 Å². The van der Waals surface area contributed by atoms with Gasteiger partial charge < -0.3 is 9.80 Å². The molecular weight excluding hydrogens is 324 g/mol. The maximum Gasteiger partial charge on any atom is 0.151 e. The van der Waals surface area contributed by atoms with E-state index >= 15 is 0 Å². The van der Waals surface area contributed by atoms with Gasteiger partial charge in [0.15, 0.2) is 5.82 Å². The third-order valence-corrected chi connectivity index (χ3v) is 5.46. The molecule has 4 rings (SSSR count). The lowest BCUT2D eigenvalue weighted by atomic mass is 9.92. The van der Waals surface area contributed by atoms with E-state index in [4.69, 9.17) is 5.26 Å². The fourth-order valence-electron chi connectivity index (χ4n) is 3.92. The Balaban J connectivity index is 1.41. The van der Waals surface area contributed by atoms with Gasteiger partial charge in [0.1, 0.15) is 11.8 Å². The fraction of sp³-hybridized carbons (Fsp3) is 0.500. The van der Waals surface area contributed by atoms with E-state index < -0.39 is 0 Å². The molecule has 0 bridgehead atoms. The molecule has 2 saturated heterocycles. The standard InChI is InChI=1S/C20H24N6/c1-20(2,3)18-6-7-19(24-23-18)26-12-14-10-25(11-15(14)13-26)17-5-4-16(8-21)22-9-17/h4-7,9,14-15H,10-13H2,1-3H3. The van der Waals surface area contributed by atoms with E-state index in [1.165, 1.54) is 0 Å². The third kappa shape index (κ3) is 3.10. The molecule has 134 valence electrons. The summed E-state index contributed by atoms with van der Waals surface area (Å²) in [6.45, 7) is 10.6. The number of anilines is 2. The molecule has 6 nitrogen and oxygen atoms in total. The van der Waals surface area contributed by atoms with Gasteiger partial charge in [-0.3, -0.25) is 0 Å². The van der Waals surface area contributed by atoms with Crippen molar-refractivity contribution in [1.82, 2.24) is 15.2 Å². The minimum absolute atomic E-state index is 0.0304. The molecule has 2 aliphatic heterocycles. The molecule has 0 spiro atoms. The Morgan fingerprint density at radius 2 is 1.65 bits per heavy atom. The first kappa shape index (κ1) is 16.8. The topological polar surface area (TPSA) is 68.9 Å². The largest absolute Gasteiger partial charge is 0.370 e. The van der Waals surface area contributed by atoms with Crippen LogP contribution in [-0.2, 0) is 5.41 Å². The van der Waals surface area contributed by atoms with Crippen molar-refractivity contribution < 1.29 is 0 Å². The van der Waals surface area contributed by atoms with Crippen LogP contribution in [0.5, 0.6) is 0 Å². The predicted molar refractivity (Wildman–Crippen MR) is 101 cm³/mol. The van der Waals surface area contributed by atoms with Crippen LogP contribution in [0.15, 0.2) is 30.5 Å². The Kier molecular flexibility index (Phi) is 4.03. The molecule has 0 aliphatic carbocycles. The zero-order chi connectivity index (χ0) is 18.3. The number of nitriles is 1. The first-order valence-corrected chi connectivity index (χ1v) is 9.14. The maximum atomic E-state index is 8.88. The van der Waals surface area contributed by atoms with Crippen LogP contribution in [0.25, 0.3) is 0 Å². The van der Waals surface area contributed by atoms with Crippen LogP contribution >= 0.6 is 0 Å². The van der Waals surface area contributed by atoms with Gasteiger partial charge in [-0.15, -0.1) is 5.10 Å². The second-order valence-corrected chi connectivity index (χ2v) is 8.37. The summed E-state index contributed by atoms with van der Waals surface area (Å²) in [5.74, 6) is 2.25. The Bertz CT molecular complexity index is 801. The molecule has 2 unspecified atom stereocenters. The summed E-state index contributed by atoms with van der Waals surface area (Å²) in [6.07, 6.45) is 1.81. The first-order chi connectivity index (χ1) is 12.4. The van der Waals surface area contributed by atoms with Gasteiger partial charge in [-0.05, 0) is 24.3 Å². The number of rotatable bonds is 2. The lowest BCUT2D eigenvalue weighted by Gasteiger charge is -2.24. The number of nitrogens with zero attached hydrogens (tertiary/aromatic N) is 6. The number of hydrogen-bond donors (Lipinski definition) is 0. The molecule has 2 fully saturated rings. The first-order valence-electron chi connectivity index (χ1n) is 9.14. The summed E-state index contributed by atoms with van der Waals surface area (Å²) in [4.78, 5) is 8.94. The van der Waals surface area contributed by atoms with E-state index in [9.17, 15) is 0 Å². The average molecular weight is 348 g/mol. The molecule has 0 radical (unpaired) electrons. The van der Waals surface area contributed by atoms with Crippen LogP contribution in [0.2, 0.25) is 0 Å². The summed E-state index contributed by atoms with van der Waals surface area (Å²) in [5, 5.41) is 17.8. The van der Waals surface area contributed by atoms with Gasteiger partial charge in [-0.1, -0.05) is 20.8 Å². The minimum Gasteiger partial charge on any atom is -0.370 e. The molecule has 0 N–H and O–H groups in total. The van der Waals surface area contributed by atoms with E-state index in [0.717, 1.165) is 43.4 Å². The minimum atomic E-state index is 0.0304. The SMILES string of the molecule is CC(C)(C)c1ccc(N2CC3CN(c4ccc(C#N)nc4)CC3C2)nn1. The van der Waals surface area contributed by atoms with Gasteiger partial charge >= 0.3 is 0 Å². The van der Waals surface area contributed by atoms with E-state index in [0.29, 0.717) is 17.5 Å². The van der Waals surface area contributed by atoms with Crippen LogP contribution < -0.4 is 9.80 Å². The summed E-state index contributed by atoms with van der Waals surface area (Å²) in [5.41, 5.74) is 2.64. The van der Waals surface area contributed by atoms with Crippen LogP contribution in [0.3, 0.4) is 0 Å². The molecule has 2 aromatic heterocycles. The highest BCUT2D eigenvalue weighted by molar-refractivity contribution is 5.49. The van der Waals surface area contributed by atoms with Crippen LogP contribution in [-0.4, -0.2) is 41.4 Å². The molecule has 6 heteroatoms. The smallest absolute Gasteiger partial charge is 0.151 e. The average Bonchev–Trinajstić information content (AvgIpc) is 3.20. The number of aromatic nitrogens is 3. The summed E-state index contributed by atoms with van der Waals surface area (Å²) in [6, 6.07) is 10.1. The Morgan fingerprint density at radius 3 is 2.15 bits per heavy atom. The van der Waals surface area contributed by atoms with Crippen molar-refractivity contribution >= 4 is 11.5 Å².